The van der Waals surface area contributed by atoms with E-state index < -0.39 is 0 Å². The minimum absolute atomic E-state index is 0.0882. The Balaban J connectivity index is 2.04. The third kappa shape index (κ3) is 4.43. The van der Waals surface area contributed by atoms with Crippen molar-refractivity contribution >= 4 is 23.5 Å². The first-order valence-electron chi connectivity index (χ1n) is 8.16. The fourth-order valence-corrected chi connectivity index (χ4v) is 2.57. The van der Waals surface area contributed by atoms with Gasteiger partial charge in [-0.05, 0) is 24.6 Å². The van der Waals surface area contributed by atoms with E-state index in [2.05, 4.69) is 15.3 Å². The van der Waals surface area contributed by atoms with Crippen LogP contribution < -0.4 is 5.32 Å². The fraction of sp³-hybridized carbons (Fsp3) is 0.150. The molecule has 0 spiro atoms. The molecule has 0 aliphatic rings. The van der Waals surface area contributed by atoms with Crippen LogP contribution in [0.4, 0.5) is 5.95 Å². The molecule has 3 aromatic rings. The summed E-state index contributed by atoms with van der Waals surface area (Å²) in [5, 5.41) is 3.45. The van der Waals surface area contributed by atoms with Gasteiger partial charge in [0.15, 0.2) is 0 Å². The average molecular weight is 352 g/mol. The summed E-state index contributed by atoms with van der Waals surface area (Å²) in [6.45, 7) is 1.96. The molecule has 1 amide bonds. The van der Waals surface area contributed by atoms with Gasteiger partial charge in [0.05, 0.1) is 11.4 Å². The molecular formula is C20H18ClN3O. The van der Waals surface area contributed by atoms with Crippen LogP contribution in [0.15, 0.2) is 60.7 Å². The Morgan fingerprint density at radius 2 is 1.56 bits per heavy atom. The Bertz CT molecular complexity index is 864. The molecule has 0 saturated carbocycles. The zero-order valence-electron chi connectivity index (χ0n) is 13.9. The van der Waals surface area contributed by atoms with Crippen molar-refractivity contribution in [2.45, 2.75) is 19.8 Å². The van der Waals surface area contributed by atoms with E-state index in [1.807, 2.05) is 67.6 Å². The number of anilines is 1. The highest BCUT2D eigenvalue weighted by Crippen LogP contribution is 2.26. The number of hydrogen-bond donors (Lipinski definition) is 1. The van der Waals surface area contributed by atoms with Gasteiger partial charge in [0, 0.05) is 22.6 Å². The van der Waals surface area contributed by atoms with Gasteiger partial charge in [0.25, 0.3) is 0 Å². The number of carbonyl (C=O) groups excluding carboxylic acids is 1. The van der Waals surface area contributed by atoms with Crippen LogP contribution in [0.3, 0.4) is 0 Å². The number of halogens is 1. The molecule has 5 heteroatoms. The summed E-state index contributed by atoms with van der Waals surface area (Å²) in [6, 6.07) is 19.2. The van der Waals surface area contributed by atoms with Gasteiger partial charge in [-0.3, -0.25) is 10.1 Å². The van der Waals surface area contributed by atoms with E-state index >= 15 is 0 Å². The summed E-state index contributed by atoms with van der Waals surface area (Å²) in [4.78, 5) is 20.9. The van der Waals surface area contributed by atoms with Crippen molar-refractivity contribution in [2.24, 2.45) is 0 Å². The number of nitrogens with zero attached hydrogens (tertiary/aromatic N) is 2. The van der Waals surface area contributed by atoms with Crippen LogP contribution in [-0.2, 0) is 4.79 Å². The lowest BCUT2D eigenvalue weighted by Crippen LogP contribution is -2.13. The number of rotatable bonds is 5. The maximum atomic E-state index is 11.9. The predicted molar refractivity (Wildman–Crippen MR) is 101 cm³/mol. The van der Waals surface area contributed by atoms with Gasteiger partial charge in [-0.2, -0.15) is 0 Å². The van der Waals surface area contributed by atoms with E-state index in [0.717, 1.165) is 28.9 Å². The van der Waals surface area contributed by atoms with Crippen molar-refractivity contribution < 1.29 is 4.79 Å². The van der Waals surface area contributed by atoms with Crippen LogP contribution in [0.2, 0.25) is 5.02 Å². The first kappa shape index (κ1) is 17.1. The van der Waals surface area contributed by atoms with Crippen molar-refractivity contribution in [3.8, 4) is 22.5 Å². The molecule has 1 aromatic heterocycles. The van der Waals surface area contributed by atoms with Crippen molar-refractivity contribution in [1.29, 1.82) is 0 Å². The van der Waals surface area contributed by atoms with Crippen molar-refractivity contribution in [3.05, 3.63) is 65.7 Å². The monoisotopic (exact) mass is 351 g/mol. The molecule has 4 nitrogen and oxygen atoms in total. The molecule has 0 atom stereocenters. The summed E-state index contributed by atoms with van der Waals surface area (Å²) in [7, 11) is 0. The third-order valence-electron chi connectivity index (χ3n) is 3.66. The second kappa shape index (κ2) is 7.90. The maximum Gasteiger partial charge on any atom is 0.230 e. The predicted octanol–water partition coefficient (Wildman–Crippen LogP) is 5.20. The van der Waals surface area contributed by atoms with Gasteiger partial charge in [-0.1, -0.05) is 61.0 Å². The highest BCUT2D eigenvalue weighted by atomic mass is 35.5. The first-order chi connectivity index (χ1) is 12.2. The fourth-order valence-electron chi connectivity index (χ4n) is 2.44. The standard InChI is InChI=1S/C20H18ClN3O/c1-2-6-19(25)24-20-22-17(14-7-4-3-5-8-14)13-18(23-20)15-9-11-16(21)12-10-15/h3-5,7-13H,2,6H2,1H3,(H,22,23,24,25). The molecule has 126 valence electrons. The lowest BCUT2D eigenvalue weighted by molar-refractivity contribution is -0.116. The minimum atomic E-state index is -0.0882. The van der Waals surface area contributed by atoms with Gasteiger partial charge in [-0.15, -0.1) is 0 Å². The van der Waals surface area contributed by atoms with Crippen LogP contribution in [0.5, 0.6) is 0 Å². The Labute approximate surface area is 151 Å². The second-order valence-corrected chi connectivity index (χ2v) is 6.07. The zero-order valence-corrected chi connectivity index (χ0v) is 14.6. The summed E-state index contributed by atoms with van der Waals surface area (Å²) in [6.07, 6.45) is 1.21. The summed E-state index contributed by atoms with van der Waals surface area (Å²) in [5.74, 6) is 0.222. The molecule has 0 radical (unpaired) electrons. The Morgan fingerprint density at radius 1 is 0.960 bits per heavy atom. The van der Waals surface area contributed by atoms with E-state index in [4.69, 9.17) is 11.6 Å². The lowest BCUT2D eigenvalue weighted by atomic mass is 10.1. The number of aromatic nitrogens is 2. The van der Waals surface area contributed by atoms with Crippen molar-refractivity contribution in [1.82, 2.24) is 9.97 Å². The Kier molecular flexibility index (Phi) is 5.41. The molecule has 0 aliphatic heterocycles. The van der Waals surface area contributed by atoms with Gasteiger partial charge in [0.1, 0.15) is 0 Å². The van der Waals surface area contributed by atoms with Crippen LogP contribution in [0.25, 0.3) is 22.5 Å². The van der Waals surface area contributed by atoms with Crippen LogP contribution in [0.1, 0.15) is 19.8 Å². The molecule has 3 rings (SSSR count). The quantitative estimate of drug-likeness (QED) is 0.687. The largest absolute Gasteiger partial charge is 0.294 e. The first-order valence-corrected chi connectivity index (χ1v) is 8.54. The number of benzene rings is 2. The van der Waals surface area contributed by atoms with Gasteiger partial charge in [0.2, 0.25) is 11.9 Å². The van der Waals surface area contributed by atoms with Crippen molar-refractivity contribution in [3.63, 3.8) is 0 Å². The van der Waals surface area contributed by atoms with E-state index in [9.17, 15) is 4.79 Å². The van der Waals surface area contributed by atoms with Gasteiger partial charge in [-0.25, -0.2) is 9.97 Å². The molecule has 2 aromatic carbocycles. The van der Waals surface area contributed by atoms with Crippen LogP contribution in [-0.4, -0.2) is 15.9 Å². The molecule has 0 saturated heterocycles. The van der Waals surface area contributed by atoms with Crippen LogP contribution in [0, 0.1) is 0 Å². The molecule has 1 heterocycles. The van der Waals surface area contributed by atoms with Crippen LogP contribution >= 0.6 is 11.6 Å². The molecular weight excluding hydrogens is 334 g/mol. The summed E-state index contributed by atoms with van der Waals surface area (Å²) >= 11 is 5.97. The van der Waals surface area contributed by atoms with Gasteiger partial charge >= 0.3 is 0 Å². The number of amides is 1. The molecule has 0 bridgehead atoms. The van der Waals surface area contributed by atoms with Crippen molar-refractivity contribution in [2.75, 3.05) is 5.32 Å². The SMILES string of the molecule is CCCC(=O)Nc1nc(-c2ccccc2)cc(-c2ccc(Cl)cc2)n1. The average Bonchev–Trinajstić information content (AvgIpc) is 2.63. The third-order valence-corrected chi connectivity index (χ3v) is 3.92. The topological polar surface area (TPSA) is 54.9 Å². The van der Waals surface area contributed by atoms with E-state index in [1.54, 1.807) is 0 Å². The van der Waals surface area contributed by atoms with E-state index in [0.29, 0.717) is 17.4 Å². The van der Waals surface area contributed by atoms with E-state index in [-0.39, 0.29) is 5.91 Å². The Morgan fingerprint density at radius 3 is 2.16 bits per heavy atom. The molecule has 0 unspecified atom stereocenters. The molecule has 1 N–H and O–H groups in total. The zero-order chi connectivity index (χ0) is 17.6. The normalized spacial score (nSPS) is 10.5. The number of carbonyl (C=O) groups is 1. The van der Waals surface area contributed by atoms with Gasteiger partial charge < -0.3 is 0 Å². The lowest BCUT2D eigenvalue weighted by Gasteiger charge is -2.09. The number of hydrogen-bond acceptors (Lipinski definition) is 3. The smallest absolute Gasteiger partial charge is 0.230 e. The molecule has 25 heavy (non-hydrogen) atoms. The Hall–Kier alpha value is -2.72. The van der Waals surface area contributed by atoms with E-state index in [1.165, 1.54) is 0 Å². The summed E-state index contributed by atoms with van der Waals surface area (Å²) in [5.41, 5.74) is 3.37. The summed E-state index contributed by atoms with van der Waals surface area (Å²) < 4.78 is 0. The number of nitrogens with one attached hydrogen (secondary N) is 1. The second-order valence-electron chi connectivity index (χ2n) is 5.63. The highest BCUT2D eigenvalue weighted by Gasteiger charge is 2.10. The molecule has 0 fully saturated rings. The maximum absolute atomic E-state index is 11.9. The minimum Gasteiger partial charge on any atom is -0.294 e. The molecule has 0 aliphatic carbocycles. The highest BCUT2D eigenvalue weighted by molar-refractivity contribution is 6.30.